The van der Waals surface area contributed by atoms with Crippen LogP contribution in [0.5, 0.6) is 5.75 Å². The Balaban J connectivity index is 2.13. The largest absolute Gasteiger partial charge is 0.481 e. The SMILES string of the molecule is CC[C@@H](C)NC(=O)c1ccccc1NC(=O)[C@@H](CC)Oc1cccc(Cl)c1. The summed E-state index contributed by atoms with van der Waals surface area (Å²) in [6.45, 7) is 5.79. The summed E-state index contributed by atoms with van der Waals surface area (Å²) in [7, 11) is 0. The molecule has 0 bridgehead atoms. The maximum absolute atomic E-state index is 12.7. The van der Waals surface area contributed by atoms with E-state index in [0.717, 1.165) is 6.42 Å². The molecule has 6 heteroatoms. The topological polar surface area (TPSA) is 67.4 Å². The molecule has 0 radical (unpaired) electrons. The number of para-hydroxylation sites is 1. The molecule has 0 unspecified atom stereocenters. The number of ether oxygens (including phenoxy) is 1. The highest BCUT2D eigenvalue weighted by Gasteiger charge is 2.21. The molecule has 0 heterocycles. The average Bonchev–Trinajstić information content (AvgIpc) is 2.66. The smallest absolute Gasteiger partial charge is 0.265 e. The van der Waals surface area contributed by atoms with E-state index in [9.17, 15) is 9.59 Å². The summed E-state index contributed by atoms with van der Waals surface area (Å²) in [5.74, 6) is -0.0161. The third-order valence-corrected chi connectivity index (χ3v) is 4.39. The van der Waals surface area contributed by atoms with Gasteiger partial charge in [0, 0.05) is 11.1 Å². The van der Waals surface area contributed by atoms with Gasteiger partial charge in [-0.05, 0) is 50.1 Å². The van der Waals surface area contributed by atoms with Crippen LogP contribution in [0.15, 0.2) is 48.5 Å². The van der Waals surface area contributed by atoms with Crippen LogP contribution in [-0.2, 0) is 4.79 Å². The molecule has 0 fully saturated rings. The van der Waals surface area contributed by atoms with Crippen molar-refractivity contribution in [2.75, 3.05) is 5.32 Å². The summed E-state index contributed by atoms with van der Waals surface area (Å²) in [5.41, 5.74) is 0.875. The Morgan fingerprint density at radius 2 is 1.81 bits per heavy atom. The van der Waals surface area contributed by atoms with Crippen molar-refractivity contribution in [3.63, 3.8) is 0 Å². The van der Waals surface area contributed by atoms with Gasteiger partial charge in [0.05, 0.1) is 11.3 Å². The van der Waals surface area contributed by atoms with Gasteiger partial charge in [0.1, 0.15) is 5.75 Å². The van der Waals surface area contributed by atoms with Crippen molar-refractivity contribution in [3.8, 4) is 5.75 Å². The van der Waals surface area contributed by atoms with Gasteiger partial charge in [0.2, 0.25) is 0 Å². The lowest BCUT2D eigenvalue weighted by Crippen LogP contribution is -2.35. The molecular weight excluding hydrogens is 364 g/mol. The molecule has 5 nitrogen and oxygen atoms in total. The number of carbonyl (C=O) groups is 2. The Labute approximate surface area is 165 Å². The minimum atomic E-state index is -0.700. The lowest BCUT2D eigenvalue weighted by Gasteiger charge is -2.19. The molecule has 2 aromatic rings. The van der Waals surface area contributed by atoms with Crippen molar-refractivity contribution in [2.24, 2.45) is 0 Å². The van der Waals surface area contributed by atoms with Gasteiger partial charge < -0.3 is 15.4 Å². The third kappa shape index (κ3) is 6.00. The second-order valence-corrected chi connectivity index (χ2v) is 6.73. The van der Waals surface area contributed by atoms with E-state index in [2.05, 4.69) is 10.6 Å². The first-order valence-electron chi connectivity index (χ1n) is 9.07. The summed E-state index contributed by atoms with van der Waals surface area (Å²) in [6, 6.07) is 13.9. The van der Waals surface area contributed by atoms with Crippen molar-refractivity contribution >= 4 is 29.1 Å². The Morgan fingerprint density at radius 1 is 1.07 bits per heavy atom. The lowest BCUT2D eigenvalue weighted by molar-refractivity contribution is -0.122. The van der Waals surface area contributed by atoms with Gasteiger partial charge in [-0.3, -0.25) is 9.59 Å². The molecule has 27 heavy (non-hydrogen) atoms. The fourth-order valence-corrected chi connectivity index (χ4v) is 2.61. The fraction of sp³-hybridized carbons (Fsp3) is 0.333. The lowest BCUT2D eigenvalue weighted by atomic mass is 10.1. The Bertz CT molecular complexity index is 795. The Hall–Kier alpha value is -2.53. The molecule has 0 aliphatic carbocycles. The van der Waals surface area contributed by atoms with E-state index in [1.54, 1.807) is 48.5 Å². The van der Waals surface area contributed by atoms with E-state index in [4.69, 9.17) is 16.3 Å². The van der Waals surface area contributed by atoms with Gasteiger partial charge in [-0.15, -0.1) is 0 Å². The predicted octanol–water partition coefficient (Wildman–Crippen LogP) is 4.66. The number of amides is 2. The van der Waals surface area contributed by atoms with Gasteiger partial charge in [-0.1, -0.05) is 43.6 Å². The van der Waals surface area contributed by atoms with Crippen molar-refractivity contribution in [1.82, 2.24) is 5.32 Å². The first-order chi connectivity index (χ1) is 12.9. The summed E-state index contributed by atoms with van der Waals surface area (Å²) in [4.78, 5) is 25.2. The molecule has 0 saturated carbocycles. The van der Waals surface area contributed by atoms with Crippen LogP contribution >= 0.6 is 11.6 Å². The first kappa shape index (κ1) is 20.8. The Morgan fingerprint density at radius 3 is 2.48 bits per heavy atom. The molecule has 0 aromatic heterocycles. The number of anilines is 1. The van der Waals surface area contributed by atoms with Crippen molar-refractivity contribution in [1.29, 1.82) is 0 Å². The molecule has 2 N–H and O–H groups in total. The number of benzene rings is 2. The third-order valence-electron chi connectivity index (χ3n) is 4.16. The molecule has 2 amide bonds. The number of nitrogens with one attached hydrogen (secondary N) is 2. The van der Waals surface area contributed by atoms with Gasteiger partial charge in [0.25, 0.3) is 11.8 Å². The van der Waals surface area contributed by atoms with Crippen molar-refractivity contribution in [2.45, 2.75) is 45.8 Å². The zero-order chi connectivity index (χ0) is 19.8. The van der Waals surface area contributed by atoms with E-state index < -0.39 is 6.10 Å². The maximum Gasteiger partial charge on any atom is 0.265 e. The number of rotatable bonds is 8. The van der Waals surface area contributed by atoms with Crippen LogP contribution in [-0.4, -0.2) is 24.0 Å². The number of halogens is 1. The van der Waals surface area contributed by atoms with Crippen LogP contribution in [0.1, 0.15) is 44.0 Å². The highest BCUT2D eigenvalue weighted by atomic mass is 35.5. The molecular formula is C21H25ClN2O3. The van der Waals surface area contributed by atoms with E-state index in [0.29, 0.717) is 28.4 Å². The summed E-state index contributed by atoms with van der Waals surface area (Å²) in [6.07, 6.45) is 0.597. The molecule has 144 valence electrons. The van der Waals surface area contributed by atoms with Crippen LogP contribution < -0.4 is 15.4 Å². The zero-order valence-corrected chi connectivity index (χ0v) is 16.5. The van der Waals surface area contributed by atoms with Gasteiger partial charge in [-0.2, -0.15) is 0 Å². The number of carbonyl (C=O) groups excluding carboxylic acids is 2. The predicted molar refractivity (Wildman–Crippen MR) is 108 cm³/mol. The Kier molecular flexibility index (Phi) is 7.67. The van der Waals surface area contributed by atoms with Crippen LogP contribution in [0.3, 0.4) is 0 Å². The molecule has 0 aliphatic heterocycles. The second kappa shape index (κ2) is 9.97. The maximum atomic E-state index is 12.7. The summed E-state index contributed by atoms with van der Waals surface area (Å²) in [5, 5.41) is 6.26. The van der Waals surface area contributed by atoms with Crippen LogP contribution in [0.4, 0.5) is 5.69 Å². The number of hydrogen-bond donors (Lipinski definition) is 2. The highest BCUT2D eigenvalue weighted by molar-refractivity contribution is 6.30. The highest BCUT2D eigenvalue weighted by Crippen LogP contribution is 2.21. The molecule has 2 atom stereocenters. The minimum absolute atomic E-state index is 0.0517. The summed E-state index contributed by atoms with van der Waals surface area (Å²) >= 11 is 5.96. The molecule has 2 rings (SSSR count). The summed E-state index contributed by atoms with van der Waals surface area (Å²) < 4.78 is 5.76. The van der Waals surface area contributed by atoms with E-state index in [-0.39, 0.29) is 17.9 Å². The normalized spacial score (nSPS) is 12.7. The molecule has 0 spiro atoms. The van der Waals surface area contributed by atoms with Gasteiger partial charge in [-0.25, -0.2) is 0 Å². The zero-order valence-electron chi connectivity index (χ0n) is 15.8. The molecule has 2 aromatic carbocycles. The van der Waals surface area contributed by atoms with Gasteiger partial charge in [0.15, 0.2) is 6.10 Å². The average molecular weight is 389 g/mol. The first-order valence-corrected chi connectivity index (χ1v) is 9.45. The standard InChI is InChI=1S/C21H25ClN2O3/c1-4-14(3)23-20(25)17-11-6-7-12-18(17)24-21(26)19(5-2)27-16-10-8-9-15(22)13-16/h6-14,19H,4-5H2,1-3H3,(H,23,25)(H,24,26)/t14-,19-/m1/s1. The van der Waals surface area contributed by atoms with Crippen LogP contribution in [0, 0.1) is 0 Å². The monoisotopic (exact) mass is 388 g/mol. The molecule has 0 aliphatic rings. The molecule has 0 saturated heterocycles. The van der Waals surface area contributed by atoms with E-state index in [1.807, 2.05) is 20.8 Å². The van der Waals surface area contributed by atoms with Crippen molar-refractivity contribution in [3.05, 3.63) is 59.1 Å². The van der Waals surface area contributed by atoms with Crippen LogP contribution in [0.25, 0.3) is 0 Å². The van der Waals surface area contributed by atoms with Gasteiger partial charge >= 0.3 is 0 Å². The fourth-order valence-electron chi connectivity index (χ4n) is 2.43. The minimum Gasteiger partial charge on any atom is -0.481 e. The number of hydrogen-bond acceptors (Lipinski definition) is 3. The van der Waals surface area contributed by atoms with E-state index in [1.165, 1.54) is 0 Å². The van der Waals surface area contributed by atoms with E-state index >= 15 is 0 Å². The van der Waals surface area contributed by atoms with Crippen molar-refractivity contribution < 1.29 is 14.3 Å². The van der Waals surface area contributed by atoms with Crippen LogP contribution in [0.2, 0.25) is 5.02 Å². The quantitative estimate of drug-likeness (QED) is 0.690. The second-order valence-electron chi connectivity index (χ2n) is 6.29.